The smallest absolute Gasteiger partial charge is 0.164 e. The van der Waals surface area contributed by atoms with E-state index in [4.69, 9.17) is 34.6 Å². The van der Waals surface area contributed by atoms with Crippen LogP contribution in [0.2, 0.25) is 0 Å². The highest BCUT2D eigenvalue weighted by atomic mass is 16.5. The van der Waals surface area contributed by atoms with Crippen LogP contribution in [0, 0.1) is 0 Å². The molecule has 0 radical (unpaired) electrons. The molecule has 1 aliphatic carbocycles. The van der Waals surface area contributed by atoms with Crippen LogP contribution in [-0.2, 0) is 5.41 Å². The van der Waals surface area contributed by atoms with Gasteiger partial charge in [0.25, 0.3) is 0 Å². The molecule has 74 heavy (non-hydrogen) atoms. The minimum absolute atomic E-state index is 0.619. The molecule has 0 fully saturated rings. The number of aromatic nitrogens is 6. The Bertz CT molecular complexity index is 3690. The molecular weight excluding hydrogens is 905 g/mol. The van der Waals surface area contributed by atoms with Crippen molar-refractivity contribution < 1.29 is 4.74 Å². The van der Waals surface area contributed by atoms with E-state index in [2.05, 4.69) is 133 Å². The normalized spacial score (nSPS) is 12.5. The molecule has 12 aromatic rings. The molecule has 1 aliphatic heterocycles. The van der Waals surface area contributed by atoms with Gasteiger partial charge in [0.05, 0.1) is 5.41 Å². The van der Waals surface area contributed by atoms with Crippen LogP contribution in [0.4, 0.5) is 0 Å². The van der Waals surface area contributed by atoms with Crippen molar-refractivity contribution in [3.05, 3.63) is 277 Å². The average molecular weight is 947 g/mol. The fourth-order valence-corrected chi connectivity index (χ4v) is 10.8. The molecule has 1 spiro atoms. The van der Waals surface area contributed by atoms with E-state index in [1.165, 1.54) is 22.3 Å². The number of hydrogen-bond acceptors (Lipinski definition) is 7. The van der Waals surface area contributed by atoms with Crippen LogP contribution in [0.5, 0.6) is 11.5 Å². The Hall–Kier alpha value is -9.98. The van der Waals surface area contributed by atoms with Gasteiger partial charge in [0.15, 0.2) is 34.9 Å². The summed E-state index contributed by atoms with van der Waals surface area (Å²) in [5.41, 5.74) is 16.3. The first-order valence-corrected chi connectivity index (χ1v) is 24.8. The fourth-order valence-electron chi connectivity index (χ4n) is 10.8. The van der Waals surface area contributed by atoms with Crippen LogP contribution < -0.4 is 4.74 Å². The van der Waals surface area contributed by atoms with Crippen molar-refractivity contribution >= 4 is 0 Å². The van der Waals surface area contributed by atoms with Gasteiger partial charge in [-0.2, -0.15) is 0 Å². The zero-order chi connectivity index (χ0) is 49.0. The summed E-state index contributed by atoms with van der Waals surface area (Å²) in [4.78, 5) is 29.8. The predicted octanol–water partition coefficient (Wildman–Crippen LogP) is 15.9. The summed E-state index contributed by atoms with van der Waals surface area (Å²) in [6.45, 7) is 0. The van der Waals surface area contributed by atoms with Gasteiger partial charge in [0.2, 0.25) is 0 Å². The number of hydrogen-bond donors (Lipinski definition) is 0. The molecule has 0 saturated carbocycles. The summed E-state index contributed by atoms with van der Waals surface area (Å²) in [6, 6.07) is 88.4. The van der Waals surface area contributed by atoms with E-state index in [1.54, 1.807) is 0 Å². The van der Waals surface area contributed by atoms with E-state index in [0.29, 0.717) is 34.9 Å². The first-order valence-electron chi connectivity index (χ1n) is 24.8. The summed E-state index contributed by atoms with van der Waals surface area (Å²) >= 11 is 0. The van der Waals surface area contributed by atoms with E-state index >= 15 is 0 Å². The molecule has 7 heteroatoms. The van der Waals surface area contributed by atoms with Crippen LogP contribution in [0.3, 0.4) is 0 Å². The molecule has 10 aromatic carbocycles. The maximum absolute atomic E-state index is 6.75. The van der Waals surface area contributed by atoms with Crippen LogP contribution in [-0.4, -0.2) is 29.9 Å². The van der Waals surface area contributed by atoms with Crippen molar-refractivity contribution in [3.8, 4) is 113 Å². The van der Waals surface area contributed by atoms with Crippen LogP contribution in [0.15, 0.2) is 255 Å². The number of fused-ring (bicyclic) bond motifs is 9. The summed E-state index contributed by atoms with van der Waals surface area (Å²) in [5, 5.41) is 0. The van der Waals surface area contributed by atoms with Crippen molar-refractivity contribution in [1.82, 2.24) is 29.9 Å². The second-order valence-electron chi connectivity index (χ2n) is 18.6. The first-order chi connectivity index (χ1) is 36.6. The molecule has 14 rings (SSSR count). The van der Waals surface area contributed by atoms with Gasteiger partial charge in [0, 0.05) is 44.5 Å². The Labute approximate surface area is 428 Å². The summed E-state index contributed by atoms with van der Waals surface area (Å²) in [5.74, 6) is 5.46. The van der Waals surface area contributed by atoms with Gasteiger partial charge in [-0.15, -0.1) is 0 Å². The van der Waals surface area contributed by atoms with Crippen molar-refractivity contribution in [3.63, 3.8) is 0 Å². The number of ether oxygens (including phenoxy) is 1. The number of nitrogens with zero attached hydrogens (tertiary/aromatic N) is 6. The van der Waals surface area contributed by atoms with Gasteiger partial charge >= 0.3 is 0 Å². The first kappa shape index (κ1) is 42.9. The maximum atomic E-state index is 6.75. The largest absolute Gasteiger partial charge is 0.457 e. The van der Waals surface area contributed by atoms with Gasteiger partial charge in [-0.05, 0) is 68.8 Å². The summed E-state index contributed by atoms with van der Waals surface area (Å²) in [6.07, 6.45) is 0. The van der Waals surface area contributed by atoms with Gasteiger partial charge in [0.1, 0.15) is 11.5 Å². The van der Waals surface area contributed by atoms with E-state index in [0.717, 1.165) is 78.3 Å². The van der Waals surface area contributed by atoms with Crippen LogP contribution in [0.25, 0.3) is 102 Å². The summed E-state index contributed by atoms with van der Waals surface area (Å²) < 4.78 is 6.75. The molecule has 0 unspecified atom stereocenters. The molecule has 0 atom stereocenters. The number of benzene rings is 10. The van der Waals surface area contributed by atoms with E-state index < -0.39 is 5.41 Å². The highest BCUT2D eigenvalue weighted by Crippen LogP contribution is 2.63. The highest BCUT2D eigenvalue weighted by molar-refractivity contribution is 5.92. The Morgan fingerprint density at radius 1 is 0.216 bits per heavy atom. The quantitative estimate of drug-likeness (QED) is 0.150. The molecule has 2 aliphatic rings. The molecular formula is C67H42N6O. The number of rotatable bonds is 8. The van der Waals surface area contributed by atoms with E-state index in [1.807, 2.05) is 121 Å². The minimum atomic E-state index is -0.679. The molecule has 0 bridgehead atoms. The molecule has 2 aromatic heterocycles. The lowest BCUT2D eigenvalue weighted by Gasteiger charge is -2.39. The second kappa shape index (κ2) is 17.7. The monoisotopic (exact) mass is 946 g/mol. The van der Waals surface area contributed by atoms with Crippen LogP contribution >= 0.6 is 0 Å². The third kappa shape index (κ3) is 7.29. The van der Waals surface area contributed by atoms with Crippen molar-refractivity contribution in [2.45, 2.75) is 5.41 Å². The zero-order valence-corrected chi connectivity index (χ0v) is 39.8. The molecule has 0 amide bonds. The van der Waals surface area contributed by atoms with Gasteiger partial charge in [-0.25, -0.2) is 29.9 Å². The third-order valence-corrected chi connectivity index (χ3v) is 14.3. The summed E-state index contributed by atoms with van der Waals surface area (Å²) in [7, 11) is 0. The van der Waals surface area contributed by atoms with Crippen molar-refractivity contribution in [2.24, 2.45) is 0 Å². The topological polar surface area (TPSA) is 86.6 Å². The second-order valence-corrected chi connectivity index (χ2v) is 18.6. The Morgan fingerprint density at radius 2 is 0.473 bits per heavy atom. The lowest BCUT2D eigenvalue weighted by atomic mass is 9.65. The number of para-hydroxylation sites is 2. The minimum Gasteiger partial charge on any atom is -0.457 e. The average Bonchev–Trinajstić information content (AvgIpc) is 3.77. The standard InChI is InChI=1S/C67H42N6O/c1-5-17-45(18-6-1)61-68-62(46-19-7-2-8-20-46)71-65(70-61)49-33-29-43(30-34-49)51-37-39-53-54-40-38-52(42-58(54)67(57(53)41-51)55-25-13-15-27-59(55)74-60-28-16-14-26-56(60)67)44-31-35-50(36-32-44)66-72-63(47-21-9-3-10-22-47)69-64(73-66)48-23-11-4-12-24-48/h1-42H. The molecule has 0 N–H and O–H groups in total. The Balaban J connectivity index is 0.868. The SMILES string of the molecule is c1ccc(-c2nc(-c3ccccc3)nc(-c3ccc(-c4ccc5c(c4)C4(c6ccccc6Oc6ccccc64)c4cc(-c6ccc(-c7nc(-c8ccccc8)nc(-c8ccccc8)n7)cc6)ccc4-5)cc3)n2)cc1. The van der Waals surface area contributed by atoms with Crippen molar-refractivity contribution in [1.29, 1.82) is 0 Å². The van der Waals surface area contributed by atoms with E-state index in [-0.39, 0.29) is 0 Å². The molecule has 346 valence electrons. The molecule has 0 saturated heterocycles. The third-order valence-electron chi connectivity index (χ3n) is 14.3. The zero-order valence-electron chi connectivity index (χ0n) is 39.8. The van der Waals surface area contributed by atoms with Gasteiger partial charge in [-0.3, -0.25) is 0 Å². The van der Waals surface area contributed by atoms with Gasteiger partial charge < -0.3 is 4.74 Å². The molecule has 7 nitrogen and oxygen atoms in total. The predicted molar refractivity (Wildman–Crippen MR) is 294 cm³/mol. The maximum Gasteiger partial charge on any atom is 0.164 e. The Morgan fingerprint density at radius 3 is 0.797 bits per heavy atom. The van der Waals surface area contributed by atoms with Crippen molar-refractivity contribution in [2.75, 3.05) is 0 Å². The lowest BCUT2D eigenvalue weighted by molar-refractivity contribution is 0.436. The lowest BCUT2D eigenvalue weighted by Crippen LogP contribution is -2.32. The highest BCUT2D eigenvalue weighted by Gasteiger charge is 2.51. The van der Waals surface area contributed by atoms with Crippen LogP contribution in [0.1, 0.15) is 22.3 Å². The fraction of sp³-hybridized carbons (Fsp3) is 0.0149. The molecule has 3 heterocycles. The Kier molecular flexibility index (Phi) is 10.3. The van der Waals surface area contributed by atoms with Gasteiger partial charge in [-0.1, -0.05) is 231 Å². The van der Waals surface area contributed by atoms with E-state index in [9.17, 15) is 0 Å².